The number of benzene rings is 6. The minimum atomic E-state index is -1.28. The van der Waals surface area contributed by atoms with Gasteiger partial charge in [-0.25, -0.2) is 0 Å². The predicted molar refractivity (Wildman–Crippen MR) is 245 cm³/mol. The first-order chi connectivity index (χ1) is 32.5. The zero-order valence-corrected chi connectivity index (χ0v) is 36.9. The molecule has 12 nitrogen and oxygen atoms in total. The highest BCUT2D eigenvalue weighted by Crippen LogP contribution is 2.36. The summed E-state index contributed by atoms with van der Waals surface area (Å²) < 4.78 is 66.3. The minimum absolute atomic E-state index is 0.0425. The SMILES string of the molecule is COc1ccc(O[C@@H]2O[C@H](COCc3ccccc3)[C@@H](O[C@@H]3O[C@H](CO)[C@@H](O)[C@H](OCc4ccccc4)[C@H]3OCc3ccccc3)[C@H](OCc3ccccc3)[C@H]2OCc2ccccc2)cc1. The maximum atomic E-state index is 11.8. The molecule has 0 bridgehead atoms. The molecule has 2 heterocycles. The molecular weight excluding hydrogens is 841 g/mol. The van der Waals surface area contributed by atoms with Crippen molar-refractivity contribution in [1.82, 2.24) is 0 Å². The number of aliphatic hydroxyl groups is 2. The first-order valence-corrected chi connectivity index (χ1v) is 22.3. The van der Waals surface area contributed by atoms with E-state index in [-0.39, 0.29) is 39.6 Å². The Hall–Kier alpha value is -5.48. The van der Waals surface area contributed by atoms with E-state index in [1.54, 1.807) is 19.2 Å². The van der Waals surface area contributed by atoms with Gasteiger partial charge in [0.05, 0.1) is 53.4 Å². The Morgan fingerprint density at radius 1 is 0.424 bits per heavy atom. The third-order valence-electron chi connectivity index (χ3n) is 11.5. The minimum Gasteiger partial charge on any atom is -0.497 e. The molecular formula is C54H58O12. The normalized spacial score (nSPS) is 25.3. The molecule has 2 fully saturated rings. The van der Waals surface area contributed by atoms with Crippen LogP contribution >= 0.6 is 0 Å². The van der Waals surface area contributed by atoms with Crippen LogP contribution in [0.1, 0.15) is 27.8 Å². The van der Waals surface area contributed by atoms with Crippen molar-refractivity contribution in [2.45, 2.75) is 94.4 Å². The summed E-state index contributed by atoms with van der Waals surface area (Å²) in [6, 6.07) is 56.1. The van der Waals surface area contributed by atoms with E-state index in [1.165, 1.54) is 0 Å². The van der Waals surface area contributed by atoms with Gasteiger partial charge in [0, 0.05) is 0 Å². The van der Waals surface area contributed by atoms with E-state index in [9.17, 15) is 10.2 Å². The summed E-state index contributed by atoms with van der Waals surface area (Å²) in [4.78, 5) is 0. The summed E-state index contributed by atoms with van der Waals surface area (Å²) in [6.07, 6.45) is -10.2. The van der Waals surface area contributed by atoms with Crippen molar-refractivity contribution in [1.29, 1.82) is 0 Å². The number of ether oxygens (including phenoxy) is 10. The van der Waals surface area contributed by atoms with Crippen LogP contribution in [0.2, 0.25) is 0 Å². The van der Waals surface area contributed by atoms with Crippen molar-refractivity contribution in [2.75, 3.05) is 20.3 Å². The van der Waals surface area contributed by atoms with Crippen LogP contribution in [0.15, 0.2) is 176 Å². The topological polar surface area (TPSA) is 133 Å². The lowest BCUT2D eigenvalue weighted by molar-refractivity contribution is -0.368. The Morgan fingerprint density at radius 2 is 0.818 bits per heavy atom. The molecule has 10 atom stereocenters. The summed E-state index contributed by atoms with van der Waals surface area (Å²) in [5.41, 5.74) is 4.60. The molecule has 2 aliphatic rings. The van der Waals surface area contributed by atoms with Gasteiger partial charge in [-0.15, -0.1) is 0 Å². The Bertz CT molecular complexity index is 2260. The molecule has 8 rings (SSSR count). The number of hydrogen-bond acceptors (Lipinski definition) is 12. The smallest absolute Gasteiger partial charge is 0.229 e. The summed E-state index contributed by atoms with van der Waals surface area (Å²) in [7, 11) is 1.61. The number of hydrogen-bond donors (Lipinski definition) is 2. The van der Waals surface area contributed by atoms with Gasteiger partial charge in [-0.05, 0) is 52.1 Å². The molecule has 6 aromatic carbocycles. The lowest BCUT2D eigenvalue weighted by Crippen LogP contribution is -2.66. The second-order valence-corrected chi connectivity index (χ2v) is 16.2. The quantitative estimate of drug-likeness (QED) is 0.0689. The fourth-order valence-electron chi connectivity index (χ4n) is 8.03. The molecule has 2 saturated heterocycles. The third kappa shape index (κ3) is 12.9. The molecule has 0 spiro atoms. The zero-order valence-electron chi connectivity index (χ0n) is 36.9. The van der Waals surface area contributed by atoms with Crippen LogP contribution in [0.4, 0.5) is 0 Å². The Kier molecular flexibility index (Phi) is 17.3. The van der Waals surface area contributed by atoms with E-state index in [0.29, 0.717) is 11.5 Å². The molecule has 0 unspecified atom stereocenters. The van der Waals surface area contributed by atoms with E-state index < -0.39 is 68.0 Å². The lowest BCUT2D eigenvalue weighted by atomic mass is 9.96. The molecule has 0 radical (unpaired) electrons. The molecule has 0 amide bonds. The van der Waals surface area contributed by atoms with Gasteiger partial charge in [0.1, 0.15) is 60.3 Å². The molecule has 0 aromatic heterocycles. The summed E-state index contributed by atoms with van der Waals surface area (Å²) in [5, 5.41) is 22.5. The highest BCUT2D eigenvalue weighted by molar-refractivity contribution is 5.31. The molecule has 346 valence electrons. The van der Waals surface area contributed by atoms with E-state index in [2.05, 4.69) is 0 Å². The van der Waals surface area contributed by atoms with E-state index >= 15 is 0 Å². The molecule has 66 heavy (non-hydrogen) atoms. The Labute approximate surface area is 386 Å². The van der Waals surface area contributed by atoms with Gasteiger partial charge in [0.2, 0.25) is 6.29 Å². The highest BCUT2D eigenvalue weighted by atomic mass is 16.8. The number of aliphatic hydroxyl groups excluding tert-OH is 2. The van der Waals surface area contributed by atoms with Crippen molar-refractivity contribution >= 4 is 0 Å². The van der Waals surface area contributed by atoms with Gasteiger partial charge in [-0.1, -0.05) is 152 Å². The maximum absolute atomic E-state index is 11.8. The predicted octanol–water partition coefficient (Wildman–Crippen LogP) is 7.82. The lowest BCUT2D eigenvalue weighted by Gasteiger charge is -2.49. The highest BCUT2D eigenvalue weighted by Gasteiger charge is 2.54. The molecule has 0 aliphatic carbocycles. The van der Waals surface area contributed by atoms with Crippen molar-refractivity contribution in [3.05, 3.63) is 204 Å². The number of rotatable bonds is 22. The van der Waals surface area contributed by atoms with Crippen LogP contribution in [0.5, 0.6) is 11.5 Å². The van der Waals surface area contributed by atoms with E-state index in [1.807, 2.05) is 164 Å². The molecule has 2 N–H and O–H groups in total. The van der Waals surface area contributed by atoms with Crippen molar-refractivity contribution in [3.8, 4) is 11.5 Å². The average Bonchev–Trinajstić information content (AvgIpc) is 3.37. The largest absolute Gasteiger partial charge is 0.497 e. The summed E-state index contributed by atoms with van der Waals surface area (Å²) in [5.74, 6) is 1.19. The van der Waals surface area contributed by atoms with Crippen LogP contribution in [-0.2, 0) is 70.9 Å². The van der Waals surface area contributed by atoms with Gasteiger partial charge in [-0.3, -0.25) is 0 Å². The van der Waals surface area contributed by atoms with E-state index in [0.717, 1.165) is 27.8 Å². The van der Waals surface area contributed by atoms with Crippen LogP contribution in [0.3, 0.4) is 0 Å². The van der Waals surface area contributed by atoms with E-state index in [4.69, 9.17) is 47.4 Å². The van der Waals surface area contributed by atoms with Crippen molar-refractivity contribution in [2.24, 2.45) is 0 Å². The van der Waals surface area contributed by atoms with Crippen LogP contribution in [-0.4, -0.2) is 91.9 Å². The molecule has 2 aliphatic heterocycles. The van der Waals surface area contributed by atoms with Crippen molar-refractivity contribution < 1.29 is 57.6 Å². The van der Waals surface area contributed by atoms with Crippen LogP contribution < -0.4 is 9.47 Å². The standard InChI is InChI=1S/C54H58O12/c1-57-43-27-29-44(30-28-43)63-53-52(62-36-42-25-15-6-16-26-42)50(60-34-40-21-11-4-12-22-40)48(46(65-53)37-58-32-38-17-7-2-8-18-38)66-54-51(61-35-41-23-13-5-14-24-41)49(47(56)45(31-55)64-54)59-33-39-19-9-3-10-20-39/h2-30,45-56H,31-37H2,1H3/t45-,46-,47-,48-,49+,50+,51-,52-,53-,54+/m1/s1. The molecule has 12 heteroatoms. The fraction of sp³-hybridized carbons (Fsp3) is 0.333. The first kappa shape index (κ1) is 47.0. The van der Waals surface area contributed by atoms with Gasteiger partial charge < -0.3 is 57.6 Å². The van der Waals surface area contributed by atoms with Gasteiger partial charge in [0.25, 0.3) is 0 Å². The van der Waals surface area contributed by atoms with Gasteiger partial charge in [0.15, 0.2) is 6.29 Å². The van der Waals surface area contributed by atoms with Crippen molar-refractivity contribution in [3.63, 3.8) is 0 Å². The zero-order chi connectivity index (χ0) is 45.3. The summed E-state index contributed by atoms with van der Waals surface area (Å²) >= 11 is 0. The van der Waals surface area contributed by atoms with Gasteiger partial charge >= 0.3 is 0 Å². The first-order valence-electron chi connectivity index (χ1n) is 22.3. The Morgan fingerprint density at radius 3 is 1.27 bits per heavy atom. The van der Waals surface area contributed by atoms with Crippen LogP contribution in [0, 0.1) is 0 Å². The molecule has 0 saturated carbocycles. The van der Waals surface area contributed by atoms with Crippen LogP contribution in [0.25, 0.3) is 0 Å². The molecule has 6 aromatic rings. The second kappa shape index (κ2) is 24.3. The monoisotopic (exact) mass is 898 g/mol. The summed E-state index contributed by atoms with van der Waals surface area (Å²) in [6.45, 7) is 0.500. The Balaban J connectivity index is 1.18. The average molecular weight is 899 g/mol. The number of methoxy groups -OCH3 is 1. The van der Waals surface area contributed by atoms with Gasteiger partial charge in [-0.2, -0.15) is 0 Å². The second-order valence-electron chi connectivity index (χ2n) is 16.2. The maximum Gasteiger partial charge on any atom is 0.229 e. The third-order valence-corrected chi connectivity index (χ3v) is 11.5. The fourth-order valence-corrected chi connectivity index (χ4v) is 8.03.